The minimum atomic E-state index is -0.648. The third-order valence-electron chi connectivity index (χ3n) is 5.29. The second kappa shape index (κ2) is 9.65. The molecule has 2 aliphatic rings. The van der Waals surface area contributed by atoms with Crippen molar-refractivity contribution in [2.45, 2.75) is 50.6 Å². The lowest BCUT2D eigenvalue weighted by Gasteiger charge is -2.31. The molecular weight excluding hydrogens is 335 g/mol. The van der Waals surface area contributed by atoms with Gasteiger partial charge in [0.25, 0.3) is 0 Å². The Morgan fingerprint density at radius 1 is 1.08 bits per heavy atom. The second-order valence-electron chi connectivity index (χ2n) is 7.59. The van der Waals surface area contributed by atoms with Crippen LogP contribution in [0.3, 0.4) is 0 Å². The minimum absolute atomic E-state index is 0.196. The molecule has 1 atom stereocenters. The van der Waals surface area contributed by atoms with Crippen LogP contribution in [0.25, 0.3) is 0 Å². The van der Waals surface area contributed by atoms with Crippen LogP contribution in [0.4, 0.5) is 4.39 Å². The zero-order chi connectivity index (χ0) is 18.4. The van der Waals surface area contributed by atoms with E-state index in [9.17, 15) is 14.6 Å². The third-order valence-corrected chi connectivity index (χ3v) is 5.29. The Morgan fingerprint density at radius 2 is 1.77 bits per heavy atom. The zero-order valence-electron chi connectivity index (χ0n) is 15.4. The van der Waals surface area contributed by atoms with E-state index in [0.717, 1.165) is 56.9 Å². The number of nitrogens with zero attached hydrogens (tertiary/aromatic N) is 2. The molecule has 26 heavy (non-hydrogen) atoms. The first kappa shape index (κ1) is 19.5. The summed E-state index contributed by atoms with van der Waals surface area (Å²) in [6.45, 7) is 4.89. The Balaban J connectivity index is 1.41. The minimum Gasteiger partial charge on any atom is -0.491 e. The van der Waals surface area contributed by atoms with Crippen LogP contribution in [-0.2, 0) is 6.54 Å². The van der Waals surface area contributed by atoms with E-state index in [1.54, 1.807) is 0 Å². The van der Waals surface area contributed by atoms with Crippen LogP contribution in [0.15, 0.2) is 24.3 Å². The molecule has 0 aromatic heterocycles. The van der Waals surface area contributed by atoms with Gasteiger partial charge >= 0.3 is 0 Å². The molecule has 2 fully saturated rings. The third kappa shape index (κ3) is 6.20. The van der Waals surface area contributed by atoms with Gasteiger partial charge in [-0.15, -0.1) is 0 Å². The first-order valence-electron chi connectivity index (χ1n) is 9.75. The van der Waals surface area contributed by atoms with Crippen molar-refractivity contribution in [3.8, 4) is 5.75 Å². The summed E-state index contributed by atoms with van der Waals surface area (Å²) in [6.07, 6.45) is 1.40. The highest BCUT2D eigenvalue weighted by atomic mass is 19.1. The second-order valence-corrected chi connectivity index (χ2v) is 7.59. The molecule has 0 amide bonds. The van der Waals surface area contributed by atoms with Crippen LogP contribution < -0.4 is 4.74 Å². The Kier molecular flexibility index (Phi) is 7.25. The lowest BCUT2D eigenvalue weighted by Crippen LogP contribution is -2.41. The lowest BCUT2D eigenvalue weighted by molar-refractivity contribution is 0.0337. The number of β-amino-alcohol motifs (C(OH)–C–C–N with tert-alkyl or cyclic N) is 1. The number of hydrogen-bond donors (Lipinski definition) is 2. The maximum Gasteiger partial charge on any atom is 0.119 e. The predicted octanol–water partition coefficient (Wildman–Crippen LogP) is 1.82. The molecule has 146 valence electrons. The van der Waals surface area contributed by atoms with Gasteiger partial charge in [-0.25, -0.2) is 4.39 Å². The molecule has 2 aliphatic heterocycles. The maximum absolute atomic E-state index is 13.2. The van der Waals surface area contributed by atoms with Crippen molar-refractivity contribution in [3.05, 3.63) is 29.8 Å². The number of alkyl halides is 1. The first-order chi connectivity index (χ1) is 12.6. The van der Waals surface area contributed by atoms with Crippen LogP contribution in [0.1, 0.15) is 31.2 Å². The summed E-state index contributed by atoms with van der Waals surface area (Å²) >= 11 is 0. The van der Waals surface area contributed by atoms with Crippen LogP contribution in [-0.4, -0.2) is 77.7 Å². The first-order valence-corrected chi connectivity index (χ1v) is 9.75. The number of benzene rings is 1. The number of halogens is 1. The molecule has 2 N–H and O–H groups in total. The van der Waals surface area contributed by atoms with Gasteiger partial charge in [-0.05, 0) is 43.4 Å². The van der Waals surface area contributed by atoms with Crippen LogP contribution >= 0.6 is 0 Å². The van der Waals surface area contributed by atoms with E-state index in [4.69, 9.17) is 4.74 Å². The van der Waals surface area contributed by atoms with E-state index in [1.165, 1.54) is 0 Å². The van der Waals surface area contributed by atoms with Gasteiger partial charge < -0.3 is 19.8 Å². The molecule has 0 bridgehead atoms. The molecule has 5 nitrogen and oxygen atoms in total. The molecular formula is C20H31FN2O3. The largest absolute Gasteiger partial charge is 0.491 e. The van der Waals surface area contributed by atoms with Crippen molar-refractivity contribution >= 4 is 0 Å². The molecule has 1 aromatic carbocycles. The molecule has 0 aliphatic carbocycles. The summed E-state index contributed by atoms with van der Waals surface area (Å²) in [5.74, 6) is 0.760. The van der Waals surface area contributed by atoms with Crippen LogP contribution in [0, 0.1) is 0 Å². The molecule has 6 heteroatoms. The maximum atomic E-state index is 13.2. The molecule has 0 radical (unpaired) electrons. The Labute approximate surface area is 155 Å². The summed E-state index contributed by atoms with van der Waals surface area (Å²) < 4.78 is 19.0. The molecule has 3 rings (SSSR count). The fraction of sp³-hybridized carbons (Fsp3) is 0.700. The van der Waals surface area contributed by atoms with Gasteiger partial charge in [0.15, 0.2) is 0 Å². The van der Waals surface area contributed by atoms with E-state index in [-0.39, 0.29) is 12.7 Å². The van der Waals surface area contributed by atoms with Gasteiger partial charge in [-0.1, -0.05) is 12.1 Å². The fourth-order valence-corrected chi connectivity index (χ4v) is 3.70. The Bertz CT molecular complexity index is 544. The summed E-state index contributed by atoms with van der Waals surface area (Å²) in [4.78, 5) is 4.44. The standard InChI is InChI=1S/C20H31FN2O3/c21-17-4-8-22(9-5-17)13-16-2-1-3-20(12-16)26-15-19(25)14-23-10-6-18(24)7-11-23/h1-3,12,17-19,24-25H,4-11,13-15H2/t19-/m1/s1. The van der Waals surface area contributed by atoms with Crippen molar-refractivity contribution in [1.82, 2.24) is 9.80 Å². The smallest absolute Gasteiger partial charge is 0.119 e. The number of rotatable bonds is 7. The average molecular weight is 366 g/mol. The van der Waals surface area contributed by atoms with Crippen LogP contribution in [0.5, 0.6) is 5.75 Å². The van der Waals surface area contributed by atoms with E-state index in [0.29, 0.717) is 19.4 Å². The normalized spacial score (nSPS) is 22.4. The van der Waals surface area contributed by atoms with Gasteiger partial charge in [-0.3, -0.25) is 4.90 Å². The van der Waals surface area contributed by atoms with Crippen molar-refractivity contribution in [1.29, 1.82) is 0 Å². The van der Waals surface area contributed by atoms with E-state index >= 15 is 0 Å². The Morgan fingerprint density at radius 3 is 2.50 bits per heavy atom. The number of likely N-dealkylation sites (tertiary alicyclic amines) is 2. The summed E-state index contributed by atoms with van der Waals surface area (Å²) in [5.41, 5.74) is 1.15. The molecule has 0 unspecified atom stereocenters. The SMILES string of the molecule is OC1CCN(C[C@@H](O)COc2cccc(CN3CCC(F)CC3)c2)CC1. The van der Waals surface area contributed by atoms with E-state index in [1.807, 2.05) is 18.2 Å². The Hall–Kier alpha value is -1.21. The van der Waals surface area contributed by atoms with Gasteiger partial charge in [0, 0.05) is 39.3 Å². The van der Waals surface area contributed by atoms with E-state index < -0.39 is 12.3 Å². The van der Waals surface area contributed by atoms with Crippen molar-refractivity contribution in [2.24, 2.45) is 0 Å². The number of aliphatic hydroxyl groups is 2. The number of aliphatic hydroxyl groups excluding tert-OH is 2. The fourth-order valence-electron chi connectivity index (χ4n) is 3.70. The summed E-state index contributed by atoms with van der Waals surface area (Å²) in [7, 11) is 0. The van der Waals surface area contributed by atoms with Gasteiger partial charge in [-0.2, -0.15) is 0 Å². The van der Waals surface area contributed by atoms with Crippen LogP contribution in [0.2, 0.25) is 0 Å². The highest BCUT2D eigenvalue weighted by Gasteiger charge is 2.20. The summed E-state index contributed by atoms with van der Waals surface area (Å²) in [6, 6.07) is 7.93. The number of hydrogen-bond acceptors (Lipinski definition) is 5. The van der Waals surface area contributed by atoms with Crippen molar-refractivity contribution in [2.75, 3.05) is 39.3 Å². The number of ether oxygens (including phenoxy) is 1. The zero-order valence-corrected chi connectivity index (χ0v) is 15.4. The van der Waals surface area contributed by atoms with Gasteiger partial charge in [0.1, 0.15) is 24.6 Å². The number of piperidine rings is 2. The van der Waals surface area contributed by atoms with E-state index in [2.05, 4.69) is 15.9 Å². The molecule has 0 spiro atoms. The van der Waals surface area contributed by atoms with Crippen molar-refractivity contribution < 1.29 is 19.3 Å². The highest BCUT2D eigenvalue weighted by molar-refractivity contribution is 5.28. The topological polar surface area (TPSA) is 56.2 Å². The quantitative estimate of drug-likeness (QED) is 0.771. The summed E-state index contributed by atoms with van der Waals surface area (Å²) in [5, 5.41) is 19.7. The van der Waals surface area contributed by atoms with Gasteiger partial charge in [0.2, 0.25) is 0 Å². The molecule has 1 aromatic rings. The predicted molar refractivity (Wildman–Crippen MR) is 99.0 cm³/mol. The average Bonchev–Trinajstić information content (AvgIpc) is 2.64. The molecule has 0 saturated carbocycles. The lowest BCUT2D eigenvalue weighted by atomic mass is 10.1. The van der Waals surface area contributed by atoms with Crippen molar-refractivity contribution in [3.63, 3.8) is 0 Å². The highest BCUT2D eigenvalue weighted by Crippen LogP contribution is 2.19. The van der Waals surface area contributed by atoms with Gasteiger partial charge in [0.05, 0.1) is 6.10 Å². The molecule has 2 heterocycles. The monoisotopic (exact) mass is 366 g/mol. The molecule has 2 saturated heterocycles.